The molecule has 0 saturated carbocycles. The molecule has 0 aliphatic carbocycles. The number of nitriles is 1. The van der Waals surface area contributed by atoms with E-state index >= 15 is 0 Å². The first-order chi connectivity index (χ1) is 8.69. The maximum atomic E-state index is 8.71. The molecule has 0 aromatic heterocycles. The van der Waals surface area contributed by atoms with Crippen LogP contribution in [0.3, 0.4) is 0 Å². The molecule has 3 heteroatoms. The zero-order valence-electron chi connectivity index (χ0n) is 11.6. The normalized spacial score (nSPS) is 10.6. The summed E-state index contributed by atoms with van der Waals surface area (Å²) in [6, 6.07) is 8.57. The summed E-state index contributed by atoms with van der Waals surface area (Å²) in [6.45, 7) is 7.54. The number of ether oxygens (including phenoxy) is 1. The van der Waals surface area contributed by atoms with E-state index in [1.54, 1.807) is 7.11 Å². The van der Waals surface area contributed by atoms with Crippen molar-refractivity contribution in [3.05, 3.63) is 34.9 Å². The van der Waals surface area contributed by atoms with Crippen molar-refractivity contribution in [3.8, 4) is 6.07 Å². The van der Waals surface area contributed by atoms with Gasteiger partial charge in [-0.05, 0) is 30.5 Å². The third-order valence-electron chi connectivity index (χ3n) is 3.18. The second kappa shape index (κ2) is 7.86. The fraction of sp³-hybridized carbons (Fsp3) is 0.533. The maximum absolute atomic E-state index is 8.71. The molecule has 3 nitrogen and oxygen atoms in total. The van der Waals surface area contributed by atoms with Crippen LogP contribution in [0.2, 0.25) is 0 Å². The number of hydrogen-bond donors (Lipinski definition) is 0. The van der Waals surface area contributed by atoms with Gasteiger partial charge in [0.2, 0.25) is 0 Å². The molecule has 1 aromatic rings. The predicted octanol–water partition coefficient (Wildman–Crippen LogP) is 2.67. The van der Waals surface area contributed by atoms with Crippen LogP contribution in [0.4, 0.5) is 0 Å². The molecule has 0 amide bonds. The average Bonchev–Trinajstić information content (AvgIpc) is 2.36. The Balaban J connectivity index is 2.72. The molecule has 0 bridgehead atoms. The van der Waals surface area contributed by atoms with Crippen molar-refractivity contribution in [3.63, 3.8) is 0 Å². The smallest absolute Gasteiger partial charge is 0.0635 e. The Morgan fingerprint density at radius 3 is 2.44 bits per heavy atom. The molecule has 0 spiro atoms. The van der Waals surface area contributed by atoms with Gasteiger partial charge < -0.3 is 4.74 Å². The quantitative estimate of drug-likeness (QED) is 0.742. The lowest BCUT2D eigenvalue weighted by Crippen LogP contribution is -2.28. The third kappa shape index (κ3) is 4.48. The van der Waals surface area contributed by atoms with Crippen molar-refractivity contribution >= 4 is 0 Å². The van der Waals surface area contributed by atoms with Gasteiger partial charge in [-0.15, -0.1) is 0 Å². The molecule has 0 heterocycles. The highest BCUT2D eigenvalue weighted by Crippen LogP contribution is 2.15. The molecule has 0 fully saturated rings. The summed E-state index contributed by atoms with van der Waals surface area (Å²) in [5.74, 6) is 0. The van der Waals surface area contributed by atoms with Crippen molar-refractivity contribution in [2.45, 2.75) is 26.8 Å². The molecule has 1 aromatic carbocycles. The number of benzene rings is 1. The highest BCUT2D eigenvalue weighted by Gasteiger charge is 2.09. The average molecular weight is 246 g/mol. The molecular formula is C15H22N2O. The highest BCUT2D eigenvalue weighted by molar-refractivity contribution is 5.33. The van der Waals surface area contributed by atoms with Gasteiger partial charge in [-0.3, -0.25) is 4.90 Å². The summed E-state index contributed by atoms with van der Waals surface area (Å²) in [5, 5.41) is 8.71. The van der Waals surface area contributed by atoms with Crippen LogP contribution >= 0.6 is 0 Å². The molecule has 0 atom stereocenters. The highest BCUT2D eigenvalue weighted by atomic mass is 16.5. The summed E-state index contributed by atoms with van der Waals surface area (Å²) in [5.41, 5.74) is 4.00. The molecule has 0 saturated heterocycles. The van der Waals surface area contributed by atoms with E-state index in [1.165, 1.54) is 16.7 Å². The maximum Gasteiger partial charge on any atom is 0.0635 e. The standard InChI is InChI=1S/C15H22N2O/c1-13-6-4-7-14(2)15(13)12-17(9-5-8-16)10-11-18-3/h4,6-7H,5,9-12H2,1-3H3. The van der Waals surface area contributed by atoms with Crippen LogP contribution in [0.5, 0.6) is 0 Å². The second-order valence-corrected chi connectivity index (χ2v) is 4.55. The fourth-order valence-corrected chi connectivity index (χ4v) is 2.02. The lowest BCUT2D eigenvalue weighted by Gasteiger charge is -2.23. The monoisotopic (exact) mass is 246 g/mol. The summed E-state index contributed by atoms with van der Waals surface area (Å²) >= 11 is 0. The van der Waals surface area contributed by atoms with Crippen LogP contribution in [0, 0.1) is 25.2 Å². The van der Waals surface area contributed by atoms with Crippen LogP contribution in [0.15, 0.2) is 18.2 Å². The number of aryl methyl sites for hydroxylation is 2. The molecule has 18 heavy (non-hydrogen) atoms. The summed E-state index contributed by atoms with van der Waals surface area (Å²) < 4.78 is 5.13. The van der Waals surface area contributed by atoms with Crippen molar-refractivity contribution in [1.29, 1.82) is 5.26 Å². The molecule has 0 unspecified atom stereocenters. The van der Waals surface area contributed by atoms with E-state index in [4.69, 9.17) is 10.00 Å². The van der Waals surface area contributed by atoms with E-state index < -0.39 is 0 Å². The van der Waals surface area contributed by atoms with Crippen LogP contribution in [0.25, 0.3) is 0 Å². The van der Waals surface area contributed by atoms with Crippen LogP contribution in [0.1, 0.15) is 23.1 Å². The molecule has 0 radical (unpaired) electrons. The molecule has 0 aliphatic heterocycles. The summed E-state index contributed by atoms with van der Waals surface area (Å²) in [4.78, 5) is 2.28. The largest absolute Gasteiger partial charge is 0.383 e. The zero-order chi connectivity index (χ0) is 13.4. The van der Waals surface area contributed by atoms with Crippen LogP contribution in [-0.2, 0) is 11.3 Å². The minimum Gasteiger partial charge on any atom is -0.383 e. The summed E-state index contributed by atoms with van der Waals surface area (Å²) in [7, 11) is 1.71. The summed E-state index contributed by atoms with van der Waals surface area (Å²) in [6.07, 6.45) is 0.564. The first kappa shape index (κ1) is 14.7. The lowest BCUT2D eigenvalue weighted by molar-refractivity contribution is 0.145. The van der Waals surface area contributed by atoms with E-state index in [9.17, 15) is 0 Å². The van der Waals surface area contributed by atoms with Crippen LogP contribution < -0.4 is 0 Å². The van der Waals surface area contributed by atoms with Gasteiger partial charge in [-0.1, -0.05) is 18.2 Å². The van der Waals surface area contributed by atoms with Crippen molar-refractivity contribution < 1.29 is 4.74 Å². The Hall–Kier alpha value is -1.37. The van der Waals surface area contributed by atoms with Crippen molar-refractivity contribution in [2.24, 2.45) is 0 Å². The predicted molar refractivity (Wildman–Crippen MR) is 73.3 cm³/mol. The van der Waals surface area contributed by atoms with Crippen molar-refractivity contribution in [1.82, 2.24) is 4.90 Å². The van der Waals surface area contributed by atoms with Gasteiger partial charge in [0.25, 0.3) is 0 Å². The van der Waals surface area contributed by atoms with E-state index in [1.807, 2.05) is 0 Å². The lowest BCUT2D eigenvalue weighted by atomic mass is 10.0. The van der Waals surface area contributed by atoms with E-state index in [0.29, 0.717) is 13.0 Å². The van der Waals surface area contributed by atoms with Crippen LogP contribution in [-0.4, -0.2) is 31.7 Å². The SMILES string of the molecule is COCCN(CCC#N)Cc1c(C)cccc1C. The molecule has 0 N–H and O–H groups in total. The Bertz CT molecular complexity index is 389. The number of methoxy groups -OCH3 is 1. The Kier molecular flexibility index (Phi) is 6.42. The van der Waals surface area contributed by atoms with Crippen molar-refractivity contribution in [2.75, 3.05) is 26.8 Å². The van der Waals surface area contributed by atoms with Gasteiger partial charge >= 0.3 is 0 Å². The zero-order valence-corrected chi connectivity index (χ0v) is 11.6. The second-order valence-electron chi connectivity index (χ2n) is 4.55. The first-order valence-electron chi connectivity index (χ1n) is 6.32. The van der Waals surface area contributed by atoms with Gasteiger partial charge in [0.05, 0.1) is 12.7 Å². The van der Waals surface area contributed by atoms with Gasteiger partial charge in [-0.2, -0.15) is 5.26 Å². The Morgan fingerprint density at radius 1 is 1.22 bits per heavy atom. The number of rotatable bonds is 7. The molecular weight excluding hydrogens is 224 g/mol. The number of hydrogen-bond acceptors (Lipinski definition) is 3. The van der Waals surface area contributed by atoms with Gasteiger partial charge in [-0.25, -0.2) is 0 Å². The topological polar surface area (TPSA) is 36.3 Å². The molecule has 98 valence electrons. The molecule has 1 rings (SSSR count). The first-order valence-corrected chi connectivity index (χ1v) is 6.32. The van der Waals surface area contributed by atoms with Gasteiger partial charge in [0, 0.05) is 33.2 Å². The minimum absolute atomic E-state index is 0.564. The molecule has 0 aliphatic rings. The number of nitrogens with zero attached hydrogens (tertiary/aromatic N) is 2. The van der Waals surface area contributed by atoms with Gasteiger partial charge in [0.1, 0.15) is 0 Å². The van der Waals surface area contributed by atoms with Gasteiger partial charge in [0.15, 0.2) is 0 Å². The Labute approximate surface area is 110 Å². The fourth-order valence-electron chi connectivity index (χ4n) is 2.02. The van der Waals surface area contributed by atoms with E-state index in [0.717, 1.165) is 19.6 Å². The minimum atomic E-state index is 0.564. The van der Waals surface area contributed by atoms with E-state index in [2.05, 4.69) is 43.0 Å². The Morgan fingerprint density at radius 2 is 1.89 bits per heavy atom. The third-order valence-corrected chi connectivity index (χ3v) is 3.18. The van der Waals surface area contributed by atoms with E-state index in [-0.39, 0.29) is 0 Å².